The highest BCUT2D eigenvalue weighted by Gasteiger charge is 2.10. The van der Waals surface area contributed by atoms with Crippen LogP contribution in [0.5, 0.6) is 0 Å². The number of halogens is 1. The van der Waals surface area contributed by atoms with E-state index in [1.165, 1.54) is 5.56 Å². The quantitative estimate of drug-likeness (QED) is 0.597. The summed E-state index contributed by atoms with van der Waals surface area (Å²) in [5.74, 6) is 0. The van der Waals surface area contributed by atoms with Crippen LogP contribution in [-0.4, -0.2) is 0 Å². The monoisotopic (exact) mass is 343 g/mol. The molecule has 0 spiro atoms. The molecule has 3 aromatic rings. The average Bonchev–Trinajstić information content (AvgIpc) is 3.00. The summed E-state index contributed by atoms with van der Waals surface area (Å²) in [6, 6.07) is 13.5. The largest absolute Gasteiger partial charge is 0.399 e. The van der Waals surface area contributed by atoms with Gasteiger partial charge in [-0.25, -0.2) is 0 Å². The first-order valence-electron chi connectivity index (χ1n) is 7.29. The molecule has 0 aliphatic carbocycles. The van der Waals surface area contributed by atoms with Crippen molar-refractivity contribution in [2.45, 2.75) is 13.1 Å². The lowest BCUT2D eigenvalue weighted by atomic mass is 10.0. The lowest BCUT2D eigenvalue weighted by Gasteiger charge is -2.10. The van der Waals surface area contributed by atoms with E-state index >= 15 is 0 Å². The Kier molecular flexibility index (Phi) is 4.86. The predicted octanol–water partition coefficient (Wildman–Crippen LogP) is 4.52. The molecule has 3 nitrogen and oxygen atoms in total. The Balaban J connectivity index is 1.74. The van der Waals surface area contributed by atoms with E-state index in [0.717, 1.165) is 46.2 Å². The normalized spacial score (nSPS) is 10.8. The molecule has 23 heavy (non-hydrogen) atoms. The van der Waals surface area contributed by atoms with Crippen molar-refractivity contribution < 1.29 is 0 Å². The van der Waals surface area contributed by atoms with Crippen molar-refractivity contribution in [2.75, 3.05) is 11.5 Å². The number of rotatable bonds is 5. The zero-order valence-electron chi connectivity index (χ0n) is 12.6. The van der Waals surface area contributed by atoms with Crippen molar-refractivity contribution in [1.29, 1.82) is 0 Å². The number of nitrogen functional groups attached to an aromatic ring is 2. The molecule has 0 aliphatic heterocycles. The van der Waals surface area contributed by atoms with E-state index in [1.54, 1.807) is 11.3 Å². The standard InChI is InChI=1S/C18H18ClN3S/c19-17-4-2-1-3-12(17)8-22-9-13-10-23-11-16(13)15-7-14(20)5-6-18(15)21/h1-7,10-11,22H,8-9,20-21H2. The third-order valence-electron chi connectivity index (χ3n) is 3.70. The molecule has 0 saturated carbocycles. The zero-order valence-corrected chi connectivity index (χ0v) is 14.1. The number of benzene rings is 2. The zero-order chi connectivity index (χ0) is 16.2. The van der Waals surface area contributed by atoms with Crippen molar-refractivity contribution in [3.63, 3.8) is 0 Å². The number of hydrogen-bond acceptors (Lipinski definition) is 4. The third kappa shape index (κ3) is 3.67. The average molecular weight is 344 g/mol. The second kappa shape index (κ2) is 7.04. The van der Waals surface area contributed by atoms with Crippen LogP contribution in [0.15, 0.2) is 53.2 Å². The Labute approximate surface area is 144 Å². The highest BCUT2D eigenvalue weighted by Crippen LogP contribution is 2.33. The molecule has 0 amide bonds. The van der Waals surface area contributed by atoms with Crippen LogP contribution in [-0.2, 0) is 13.1 Å². The molecule has 3 rings (SSSR count). The van der Waals surface area contributed by atoms with Crippen molar-refractivity contribution in [3.8, 4) is 11.1 Å². The first-order chi connectivity index (χ1) is 11.1. The minimum Gasteiger partial charge on any atom is -0.399 e. The van der Waals surface area contributed by atoms with Gasteiger partial charge in [-0.15, -0.1) is 0 Å². The molecule has 2 aromatic carbocycles. The van der Waals surface area contributed by atoms with E-state index in [1.807, 2.05) is 42.5 Å². The van der Waals surface area contributed by atoms with Crippen molar-refractivity contribution >= 4 is 34.3 Å². The van der Waals surface area contributed by atoms with Gasteiger partial charge in [0.25, 0.3) is 0 Å². The van der Waals surface area contributed by atoms with Crippen molar-refractivity contribution in [3.05, 3.63) is 69.4 Å². The minimum absolute atomic E-state index is 0.718. The second-order valence-electron chi connectivity index (χ2n) is 5.35. The molecule has 5 heteroatoms. The van der Waals surface area contributed by atoms with Crippen LogP contribution in [0.2, 0.25) is 5.02 Å². The molecule has 1 aromatic heterocycles. The number of anilines is 2. The SMILES string of the molecule is Nc1ccc(N)c(-c2cscc2CNCc2ccccc2Cl)c1. The molecule has 1 heterocycles. The van der Waals surface area contributed by atoms with Gasteiger partial charge in [-0.2, -0.15) is 11.3 Å². The molecule has 0 unspecified atom stereocenters. The highest BCUT2D eigenvalue weighted by molar-refractivity contribution is 7.08. The van der Waals surface area contributed by atoms with Gasteiger partial charge in [0.2, 0.25) is 0 Å². The van der Waals surface area contributed by atoms with Crippen molar-refractivity contribution in [1.82, 2.24) is 5.32 Å². The summed E-state index contributed by atoms with van der Waals surface area (Å²) in [6.45, 7) is 1.47. The maximum absolute atomic E-state index is 6.18. The Morgan fingerprint density at radius 1 is 0.913 bits per heavy atom. The minimum atomic E-state index is 0.718. The van der Waals surface area contributed by atoms with Gasteiger partial charge >= 0.3 is 0 Å². The molecule has 0 aliphatic rings. The maximum Gasteiger partial charge on any atom is 0.0450 e. The molecular weight excluding hydrogens is 326 g/mol. The molecule has 0 saturated heterocycles. The summed E-state index contributed by atoms with van der Waals surface area (Å²) >= 11 is 7.84. The summed E-state index contributed by atoms with van der Waals surface area (Å²) in [6.07, 6.45) is 0. The van der Waals surface area contributed by atoms with Crippen LogP contribution in [0.1, 0.15) is 11.1 Å². The number of nitrogens with one attached hydrogen (secondary N) is 1. The van der Waals surface area contributed by atoms with Crippen LogP contribution in [0.25, 0.3) is 11.1 Å². The van der Waals surface area contributed by atoms with Gasteiger partial charge in [0.1, 0.15) is 0 Å². The van der Waals surface area contributed by atoms with E-state index < -0.39 is 0 Å². The Morgan fingerprint density at radius 3 is 2.52 bits per heavy atom. The highest BCUT2D eigenvalue weighted by atomic mass is 35.5. The first-order valence-corrected chi connectivity index (χ1v) is 8.62. The molecule has 0 radical (unpaired) electrons. The van der Waals surface area contributed by atoms with E-state index in [9.17, 15) is 0 Å². The van der Waals surface area contributed by atoms with Gasteiger partial charge in [0.15, 0.2) is 0 Å². The second-order valence-corrected chi connectivity index (χ2v) is 6.50. The Hall–Kier alpha value is -2.01. The van der Waals surface area contributed by atoms with E-state index in [0.29, 0.717) is 0 Å². The lowest BCUT2D eigenvalue weighted by Crippen LogP contribution is -2.13. The van der Waals surface area contributed by atoms with Crippen LogP contribution in [0, 0.1) is 0 Å². The topological polar surface area (TPSA) is 64.1 Å². The number of nitrogens with two attached hydrogens (primary N) is 2. The lowest BCUT2D eigenvalue weighted by molar-refractivity contribution is 0.696. The number of thiophene rings is 1. The molecule has 118 valence electrons. The fraction of sp³-hybridized carbons (Fsp3) is 0.111. The van der Waals surface area contributed by atoms with Gasteiger partial charge in [0.05, 0.1) is 0 Å². The molecule has 0 atom stereocenters. The summed E-state index contributed by atoms with van der Waals surface area (Å²) in [5, 5.41) is 8.47. The molecule has 0 bridgehead atoms. The van der Waals surface area contributed by atoms with Gasteiger partial charge in [0, 0.05) is 35.1 Å². The van der Waals surface area contributed by atoms with E-state index in [4.69, 9.17) is 23.1 Å². The fourth-order valence-corrected chi connectivity index (χ4v) is 3.54. The number of hydrogen-bond donors (Lipinski definition) is 3. The molecule has 0 fully saturated rings. The summed E-state index contributed by atoms with van der Waals surface area (Å²) in [7, 11) is 0. The van der Waals surface area contributed by atoms with E-state index in [2.05, 4.69) is 16.1 Å². The van der Waals surface area contributed by atoms with Crippen LogP contribution < -0.4 is 16.8 Å². The van der Waals surface area contributed by atoms with Gasteiger partial charge in [-0.3, -0.25) is 0 Å². The van der Waals surface area contributed by atoms with Gasteiger partial charge in [-0.1, -0.05) is 29.8 Å². The first kappa shape index (κ1) is 15.9. The molecular formula is C18H18ClN3S. The summed E-state index contributed by atoms with van der Waals surface area (Å²) < 4.78 is 0. The maximum atomic E-state index is 6.18. The van der Waals surface area contributed by atoms with Gasteiger partial charge in [-0.05, 0) is 51.7 Å². The summed E-state index contributed by atoms with van der Waals surface area (Å²) in [4.78, 5) is 0. The van der Waals surface area contributed by atoms with Crippen LogP contribution in [0.3, 0.4) is 0 Å². The predicted molar refractivity (Wildman–Crippen MR) is 101 cm³/mol. The fourth-order valence-electron chi connectivity index (χ4n) is 2.48. The third-order valence-corrected chi connectivity index (χ3v) is 4.86. The molecule has 5 N–H and O–H groups in total. The Morgan fingerprint density at radius 2 is 1.70 bits per heavy atom. The van der Waals surface area contributed by atoms with Crippen LogP contribution in [0.4, 0.5) is 11.4 Å². The summed E-state index contributed by atoms with van der Waals surface area (Å²) in [5.41, 5.74) is 17.9. The van der Waals surface area contributed by atoms with E-state index in [-0.39, 0.29) is 0 Å². The smallest absolute Gasteiger partial charge is 0.0450 e. The van der Waals surface area contributed by atoms with Crippen molar-refractivity contribution in [2.24, 2.45) is 0 Å². The van der Waals surface area contributed by atoms with Gasteiger partial charge < -0.3 is 16.8 Å². The Bertz CT molecular complexity index is 814. The van der Waals surface area contributed by atoms with Crippen LogP contribution >= 0.6 is 22.9 Å².